The molecule has 0 heterocycles. The molecule has 20 heavy (non-hydrogen) atoms. The average molecular weight is 275 g/mol. The average Bonchev–Trinajstić information content (AvgIpc) is 2.93. The molecule has 110 valence electrons. The summed E-state index contributed by atoms with van der Waals surface area (Å²) in [5.74, 6) is 0.140. The van der Waals surface area contributed by atoms with Crippen molar-refractivity contribution in [2.75, 3.05) is 11.4 Å². The summed E-state index contributed by atoms with van der Waals surface area (Å²) in [6.07, 6.45) is 6.03. The zero-order chi connectivity index (χ0) is 14.4. The van der Waals surface area contributed by atoms with Crippen LogP contribution in [0.2, 0.25) is 0 Å². The predicted octanol–water partition coefficient (Wildman–Crippen LogP) is 3.94. The van der Waals surface area contributed by atoms with Crippen molar-refractivity contribution < 1.29 is 9.90 Å². The minimum Gasteiger partial charge on any atom is -0.481 e. The van der Waals surface area contributed by atoms with Crippen molar-refractivity contribution in [3.05, 3.63) is 30.3 Å². The van der Waals surface area contributed by atoms with Crippen LogP contribution in [0.5, 0.6) is 0 Å². The van der Waals surface area contributed by atoms with Crippen LogP contribution in [0, 0.1) is 5.92 Å². The zero-order valence-corrected chi connectivity index (χ0v) is 12.3. The third-order valence-corrected chi connectivity index (χ3v) is 4.41. The van der Waals surface area contributed by atoms with E-state index in [2.05, 4.69) is 36.1 Å². The molecule has 0 spiro atoms. The van der Waals surface area contributed by atoms with Crippen molar-refractivity contribution in [3.63, 3.8) is 0 Å². The molecule has 0 saturated heterocycles. The van der Waals surface area contributed by atoms with Gasteiger partial charge in [0, 0.05) is 24.7 Å². The van der Waals surface area contributed by atoms with E-state index in [1.807, 2.05) is 6.07 Å². The number of hydrogen-bond acceptors (Lipinski definition) is 2. The molecule has 0 bridgehead atoms. The van der Waals surface area contributed by atoms with Crippen LogP contribution in [0.25, 0.3) is 0 Å². The van der Waals surface area contributed by atoms with Gasteiger partial charge in [-0.05, 0) is 43.7 Å². The molecule has 1 aliphatic rings. The standard InChI is InChI=1S/C17H25NO2/c1-2-14-10-11-16(13-14)18(12-6-9-17(19)20)15-7-4-3-5-8-15/h3-5,7-8,14,16H,2,6,9-13H2,1H3,(H,19,20). The van der Waals surface area contributed by atoms with E-state index in [1.165, 1.54) is 31.4 Å². The molecule has 2 atom stereocenters. The Labute approximate surface area is 121 Å². The molecule has 0 aromatic heterocycles. The maximum Gasteiger partial charge on any atom is 0.303 e. The summed E-state index contributed by atoms with van der Waals surface area (Å²) in [7, 11) is 0. The van der Waals surface area contributed by atoms with Crippen LogP contribution in [-0.2, 0) is 4.79 Å². The van der Waals surface area contributed by atoms with Crippen LogP contribution in [0.4, 0.5) is 5.69 Å². The number of benzene rings is 1. The number of hydrogen-bond donors (Lipinski definition) is 1. The molecule has 3 nitrogen and oxygen atoms in total. The summed E-state index contributed by atoms with van der Waals surface area (Å²) < 4.78 is 0. The molecule has 1 aliphatic carbocycles. The number of rotatable bonds is 7. The lowest BCUT2D eigenvalue weighted by Crippen LogP contribution is -2.34. The van der Waals surface area contributed by atoms with E-state index >= 15 is 0 Å². The van der Waals surface area contributed by atoms with Gasteiger partial charge in [-0.25, -0.2) is 0 Å². The molecule has 1 aromatic carbocycles. The Hall–Kier alpha value is -1.51. The number of nitrogens with zero attached hydrogens (tertiary/aromatic N) is 1. The van der Waals surface area contributed by atoms with Crippen LogP contribution >= 0.6 is 0 Å². The first-order valence-corrected chi connectivity index (χ1v) is 7.74. The molecule has 1 aromatic rings. The molecule has 1 fully saturated rings. The van der Waals surface area contributed by atoms with Gasteiger partial charge < -0.3 is 10.0 Å². The SMILES string of the molecule is CCC1CCC(N(CCCC(=O)O)c2ccccc2)C1. The predicted molar refractivity (Wildman–Crippen MR) is 82.1 cm³/mol. The van der Waals surface area contributed by atoms with Gasteiger partial charge in [0.1, 0.15) is 0 Å². The lowest BCUT2D eigenvalue weighted by atomic mass is 10.0. The molecule has 2 unspecified atom stereocenters. The third-order valence-electron chi connectivity index (χ3n) is 4.41. The molecule has 3 heteroatoms. The maximum absolute atomic E-state index is 10.7. The first-order chi connectivity index (χ1) is 9.70. The number of carboxylic acid groups (broad SMARTS) is 1. The maximum atomic E-state index is 10.7. The van der Waals surface area contributed by atoms with Gasteiger partial charge in [-0.1, -0.05) is 31.5 Å². The molecule has 0 radical (unpaired) electrons. The van der Waals surface area contributed by atoms with Gasteiger partial charge in [0.15, 0.2) is 0 Å². The largest absolute Gasteiger partial charge is 0.481 e. The van der Waals surface area contributed by atoms with E-state index in [1.54, 1.807) is 0 Å². The minimum absolute atomic E-state index is 0.257. The molecule has 2 rings (SSSR count). The van der Waals surface area contributed by atoms with Crippen molar-refractivity contribution in [1.29, 1.82) is 0 Å². The highest BCUT2D eigenvalue weighted by atomic mass is 16.4. The topological polar surface area (TPSA) is 40.5 Å². The number of para-hydroxylation sites is 1. The Morgan fingerprint density at radius 1 is 1.30 bits per heavy atom. The van der Waals surface area contributed by atoms with Crippen LogP contribution in [-0.4, -0.2) is 23.7 Å². The highest BCUT2D eigenvalue weighted by Crippen LogP contribution is 2.34. The van der Waals surface area contributed by atoms with Crippen molar-refractivity contribution in [3.8, 4) is 0 Å². The number of aliphatic carboxylic acids is 1. The van der Waals surface area contributed by atoms with Gasteiger partial charge in [-0.2, -0.15) is 0 Å². The summed E-state index contributed by atoms with van der Waals surface area (Å²) in [6.45, 7) is 3.11. The van der Waals surface area contributed by atoms with Crippen molar-refractivity contribution in [1.82, 2.24) is 0 Å². The van der Waals surface area contributed by atoms with Crippen LogP contribution < -0.4 is 4.90 Å². The summed E-state index contributed by atoms with van der Waals surface area (Å²) in [5.41, 5.74) is 1.24. The Kier molecular flexibility index (Phi) is 5.45. The minimum atomic E-state index is -0.698. The van der Waals surface area contributed by atoms with E-state index in [9.17, 15) is 4.79 Å². The highest BCUT2D eigenvalue weighted by Gasteiger charge is 2.28. The van der Waals surface area contributed by atoms with Gasteiger partial charge in [-0.3, -0.25) is 4.79 Å². The monoisotopic (exact) mass is 275 g/mol. The van der Waals surface area contributed by atoms with Crippen molar-refractivity contribution >= 4 is 11.7 Å². The van der Waals surface area contributed by atoms with E-state index in [0.717, 1.165) is 18.9 Å². The normalized spacial score (nSPS) is 21.9. The third kappa shape index (κ3) is 3.99. The van der Waals surface area contributed by atoms with E-state index in [0.29, 0.717) is 6.04 Å². The Morgan fingerprint density at radius 2 is 2.05 bits per heavy atom. The van der Waals surface area contributed by atoms with Crippen LogP contribution in [0.1, 0.15) is 45.4 Å². The first kappa shape index (κ1) is 14.9. The fourth-order valence-electron chi connectivity index (χ4n) is 3.25. The molecule has 0 aliphatic heterocycles. The lowest BCUT2D eigenvalue weighted by Gasteiger charge is -2.31. The van der Waals surface area contributed by atoms with Gasteiger partial charge in [-0.15, -0.1) is 0 Å². The second-order valence-electron chi connectivity index (χ2n) is 5.77. The van der Waals surface area contributed by atoms with Gasteiger partial charge in [0.2, 0.25) is 0 Å². The van der Waals surface area contributed by atoms with Crippen molar-refractivity contribution in [2.24, 2.45) is 5.92 Å². The number of carboxylic acids is 1. The van der Waals surface area contributed by atoms with Gasteiger partial charge in [0.05, 0.1) is 0 Å². The number of anilines is 1. The Balaban J connectivity index is 2.02. The van der Waals surface area contributed by atoms with Crippen molar-refractivity contribution in [2.45, 2.75) is 51.5 Å². The van der Waals surface area contributed by atoms with E-state index in [4.69, 9.17) is 5.11 Å². The fraction of sp³-hybridized carbons (Fsp3) is 0.588. The fourth-order valence-corrected chi connectivity index (χ4v) is 3.25. The van der Waals surface area contributed by atoms with E-state index < -0.39 is 5.97 Å². The second-order valence-corrected chi connectivity index (χ2v) is 5.77. The van der Waals surface area contributed by atoms with E-state index in [-0.39, 0.29) is 6.42 Å². The van der Waals surface area contributed by atoms with Crippen LogP contribution in [0.3, 0.4) is 0 Å². The Bertz CT molecular complexity index is 418. The summed E-state index contributed by atoms with van der Waals surface area (Å²) >= 11 is 0. The van der Waals surface area contributed by atoms with Gasteiger partial charge in [0.25, 0.3) is 0 Å². The Morgan fingerprint density at radius 3 is 2.65 bits per heavy atom. The molecular weight excluding hydrogens is 250 g/mol. The number of carbonyl (C=O) groups is 1. The summed E-state index contributed by atoms with van der Waals surface area (Å²) in [6, 6.07) is 11.0. The second kappa shape index (κ2) is 7.32. The highest BCUT2D eigenvalue weighted by molar-refractivity contribution is 5.66. The molecule has 0 amide bonds. The quantitative estimate of drug-likeness (QED) is 0.819. The van der Waals surface area contributed by atoms with Crippen LogP contribution in [0.15, 0.2) is 30.3 Å². The smallest absolute Gasteiger partial charge is 0.303 e. The summed E-state index contributed by atoms with van der Waals surface area (Å²) in [5, 5.41) is 8.82. The first-order valence-electron chi connectivity index (χ1n) is 7.74. The zero-order valence-electron chi connectivity index (χ0n) is 12.3. The van der Waals surface area contributed by atoms with Gasteiger partial charge >= 0.3 is 5.97 Å². The lowest BCUT2D eigenvalue weighted by molar-refractivity contribution is -0.137. The molecule has 1 N–H and O–H groups in total. The summed E-state index contributed by atoms with van der Waals surface area (Å²) in [4.78, 5) is 13.1. The molecular formula is C17H25NO2. The molecule has 1 saturated carbocycles.